The molecular formula is C18H23ClF2N2O4. The first-order valence-electron chi connectivity index (χ1n) is 8.45. The summed E-state index contributed by atoms with van der Waals surface area (Å²) in [4.78, 5) is 25.7. The zero-order valence-corrected chi connectivity index (χ0v) is 16.2. The molecule has 1 heterocycles. The van der Waals surface area contributed by atoms with Gasteiger partial charge in [0.15, 0.2) is 5.67 Å². The number of alkyl halides is 1. The molecule has 0 saturated carbocycles. The van der Waals surface area contributed by atoms with Crippen molar-refractivity contribution in [3.8, 4) is 0 Å². The Kier molecular flexibility index (Phi) is 6.32. The molecule has 0 unspecified atom stereocenters. The Morgan fingerprint density at radius 2 is 2.11 bits per heavy atom. The summed E-state index contributed by atoms with van der Waals surface area (Å²) in [5.41, 5.74) is -2.63. The first kappa shape index (κ1) is 21.4. The standard InChI is InChI=1S/C18H23ClF2N2O4/c1-17(2,3)27-16(26)22-10-18(20,11-24)8-14(22)15(25)23(21)9-12-5-4-6-13(19)7-12/h4-7,14,24H,8-11H2,1-3H3/t14-,18+/m0/s1. The van der Waals surface area contributed by atoms with E-state index in [1.54, 1.807) is 39.0 Å². The molecule has 9 heteroatoms. The van der Waals surface area contributed by atoms with Gasteiger partial charge < -0.3 is 9.84 Å². The number of hydrogen-bond acceptors (Lipinski definition) is 4. The average Bonchev–Trinajstić information content (AvgIpc) is 2.91. The normalized spacial score (nSPS) is 22.6. The molecule has 6 nitrogen and oxygen atoms in total. The van der Waals surface area contributed by atoms with Gasteiger partial charge in [-0.1, -0.05) is 28.2 Å². The van der Waals surface area contributed by atoms with E-state index in [0.717, 1.165) is 4.90 Å². The molecule has 1 aliphatic rings. The van der Waals surface area contributed by atoms with E-state index in [1.165, 1.54) is 6.07 Å². The molecule has 2 atom stereocenters. The molecule has 1 N–H and O–H groups in total. The molecule has 27 heavy (non-hydrogen) atoms. The largest absolute Gasteiger partial charge is 0.444 e. The predicted molar refractivity (Wildman–Crippen MR) is 95.4 cm³/mol. The van der Waals surface area contributed by atoms with Gasteiger partial charge in [0.25, 0.3) is 5.91 Å². The summed E-state index contributed by atoms with van der Waals surface area (Å²) in [5, 5.41) is 9.57. The molecule has 0 aromatic heterocycles. The Morgan fingerprint density at radius 3 is 2.67 bits per heavy atom. The molecule has 0 radical (unpaired) electrons. The summed E-state index contributed by atoms with van der Waals surface area (Å²) in [6.45, 7) is 3.00. The molecule has 150 valence electrons. The molecule has 1 aromatic carbocycles. The highest BCUT2D eigenvalue weighted by molar-refractivity contribution is 6.30. The fraction of sp³-hybridized carbons (Fsp3) is 0.556. The lowest BCUT2D eigenvalue weighted by molar-refractivity contribution is -0.153. The number of nitrogens with zero attached hydrogens (tertiary/aromatic N) is 2. The maximum absolute atomic E-state index is 14.6. The fourth-order valence-electron chi connectivity index (χ4n) is 2.82. The summed E-state index contributed by atoms with van der Waals surface area (Å²) in [6.07, 6.45) is -1.46. The van der Waals surface area contributed by atoms with Crippen LogP contribution in [0.4, 0.5) is 13.7 Å². The highest BCUT2D eigenvalue weighted by Gasteiger charge is 2.51. The topological polar surface area (TPSA) is 70.1 Å². The Balaban J connectivity index is 2.18. The summed E-state index contributed by atoms with van der Waals surface area (Å²) < 4.78 is 34.3. The maximum Gasteiger partial charge on any atom is 0.411 e. The molecule has 0 bridgehead atoms. The number of carbonyl (C=O) groups is 2. The van der Waals surface area contributed by atoms with Gasteiger partial charge in [0, 0.05) is 11.4 Å². The van der Waals surface area contributed by atoms with E-state index in [9.17, 15) is 23.6 Å². The highest BCUT2D eigenvalue weighted by atomic mass is 35.5. The van der Waals surface area contributed by atoms with Crippen molar-refractivity contribution in [1.29, 1.82) is 0 Å². The SMILES string of the molecule is CC(C)(C)OC(=O)N1C[C@@](F)(CO)C[C@H]1C(=O)N(F)Cc1cccc(Cl)c1. The summed E-state index contributed by atoms with van der Waals surface area (Å²) in [5.74, 6) is -1.09. The number of ether oxygens (including phenoxy) is 1. The van der Waals surface area contributed by atoms with Gasteiger partial charge in [-0.15, -0.1) is 0 Å². The van der Waals surface area contributed by atoms with E-state index >= 15 is 0 Å². The van der Waals surface area contributed by atoms with Crippen LogP contribution in [0.15, 0.2) is 24.3 Å². The van der Waals surface area contributed by atoms with Crippen LogP contribution in [0.1, 0.15) is 32.8 Å². The van der Waals surface area contributed by atoms with E-state index in [-0.39, 0.29) is 5.12 Å². The minimum atomic E-state index is -2.20. The smallest absolute Gasteiger partial charge is 0.411 e. The third kappa shape index (κ3) is 5.52. The molecule has 1 aromatic rings. The molecule has 1 aliphatic heterocycles. The van der Waals surface area contributed by atoms with Crippen LogP contribution in [0.2, 0.25) is 5.02 Å². The first-order valence-corrected chi connectivity index (χ1v) is 8.83. The maximum atomic E-state index is 14.6. The van der Waals surface area contributed by atoms with E-state index in [2.05, 4.69) is 0 Å². The van der Waals surface area contributed by atoms with E-state index < -0.39 is 55.4 Å². The van der Waals surface area contributed by atoms with Crippen molar-refractivity contribution in [2.75, 3.05) is 13.2 Å². The Labute approximate surface area is 161 Å². The minimum absolute atomic E-state index is 0.0865. The number of likely N-dealkylation sites (tertiary alicyclic amines) is 1. The van der Waals surface area contributed by atoms with Gasteiger partial charge in [0.1, 0.15) is 11.6 Å². The lowest BCUT2D eigenvalue weighted by Crippen LogP contribution is -2.47. The van der Waals surface area contributed by atoms with Gasteiger partial charge in [0.2, 0.25) is 0 Å². The van der Waals surface area contributed by atoms with Crippen molar-refractivity contribution >= 4 is 23.6 Å². The summed E-state index contributed by atoms with van der Waals surface area (Å²) >= 11 is 5.84. The zero-order valence-electron chi connectivity index (χ0n) is 15.4. The lowest BCUT2D eigenvalue weighted by Gasteiger charge is -2.28. The first-order chi connectivity index (χ1) is 12.4. The number of carbonyl (C=O) groups excluding carboxylic acids is 2. The molecule has 0 spiro atoms. The third-order valence-electron chi connectivity index (χ3n) is 4.04. The number of benzene rings is 1. The van der Waals surface area contributed by atoms with Crippen LogP contribution >= 0.6 is 11.6 Å². The van der Waals surface area contributed by atoms with Crippen LogP contribution in [-0.2, 0) is 16.1 Å². The Morgan fingerprint density at radius 1 is 1.44 bits per heavy atom. The van der Waals surface area contributed by atoms with E-state index in [1.807, 2.05) is 0 Å². The quantitative estimate of drug-likeness (QED) is 0.782. The van der Waals surface area contributed by atoms with Gasteiger partial charge in [-0.2, -0.15) is 5.12 Å². The second-order valence-corrected chi connectivity index (χ2v) is 8.06. The van der Waals surface area contributed by atoms with Crippen LogP contribution in [0, 0.1) is 0 Å². The molecule has 2 amide bonds. The van der Waals surface area contributed by atoms with Crippen LogP contribution in [0.3, 0.4) is 0 Å². The van der Waals surface area contributed by atoms with E-state index in [4.69, 9.17) is 16.3 Å². The second kappa shape index (κ2) is 7.98. The second-order valence-electron chi connectivity index (χ2n) is 7.63. The van der Waals surface area contributed by atoms with Crippen molar-refractivity contribution in [2.24, 2.45) is 0 Å². The van der Waals surface area contributed by atoms with Crippen molar-refractivity contribution < 1.29 is 28.3 Å². The number of hydrogen-bond donors (Lipinski definition) is 1. The minimum Gasteiger partial charge on any atom is -0.444 e. The van der Waals surface area contributed by atoms with Gasteiger partial charge >= 0.3 is 6.09 Å². The van der Waals surface area contributed by atoms with Crippen LogP contribution in [-0.4, -0.2) is 57.6 Å². The van der Waals surface area contributed by atoms with E-state index in [0.29, 0.717) is 10.6 Å². The van der Waals surface area contributed by atoms with Gasteiger partial charge in [-0.3, -0.25) is 9.69 Å². The predicted octanol–water partition coefficient (Wildman–Crippen LogP) is 3.26. The van der Waals surface area contributed by atoms with Gasteiger partial charge in [0.05, 0.1) is 19.7 Å². The van der Waals surface area contributed by atoms with Crippen molar-refractivity contribution in [1.82, 2.24) is 10.0 Å². The Bertz CT molecular complexity index is 713. The zero-order chi connectivity index (χ0) is 20.4. The molecule has 0 aliphatic carbocycles. The molecule has 2 rings (SSSR count). The number of halogens is 3. The van der Waals surface area contributed by atoms with Crippen molar-refractivity contribution in [3.05, 3.63) is 34.9 Å². The van der Waals surface area contributed by atoms with Crippen LogP contribution < -0.4 is 0 Å². The number of rotatable bonds is 4. The van der Waals surface area contributed by atoms with Crippen molar-refractivity contribution in [2.45, 2.75) is 51.0 Å². The number of aliphatic hydroxyl groups excluding tert-OH is 1. The van der Waals surface area contributed by atoms with Gasteiger partial charge in [-0.05, 0) is 38.5 Å². The fourth-order valence-corrected chi connectivity index (χ4v) is 3.03. The average molecular weight is 405 g/mol. The highest BCUT2D eigenvalue weighted by Crippen LogP contribution is 2.33. The van der Waals surface area contributed by atoms with Gasteiger partial charge in [-0.25, -0.2) is 9.18 Å². The molecule has 1 saturated heterocycles. The number of aliphatic hydroxyl groups is 1. The molecular weight excluding hydrogens is 382 g/mol. The third-order valence-corrected chi connectivity index (χ3v) is 4.27. The van der Waals surface area contributed by atoms with Crippen molar-refractivity contribution in [3.63, 3.8) is 0 Å². The number of amides is 2. The lowest BCUT2D eigenvalue weighted by atomic mass is 10.0. The summed E-state index contributed by atoms with van der Waals surface area (Å²) in [7, 11) is 0. The molecule has 1 fully saturated rings. The summed E-state index contributed by atoms with van der Waals surface area (Å²) in [6, 6.07) is 4.88. The monoisotopic (exact) mass is 404 g/mol. The van der Waals surface area contributed by atoms with Crippen LogP contribution in [0.5, 0.6) is 0 Å². The van der Waals surface area contributed by atoms with Crippen LogP contribution in [0.25, 0.3) is 0 Å². The Hall–Kier alpha value is -1.93.